The standard InChI is InChI=1S/C14H18O2/c1-3-10-5-4-6-12(9-10)13(15)14(16-2)11-7-8-11/h4-6,9,11,14H,3,7-8H2,1-2H3. The summed E-state index contributed by atoms with van der Waals surface area (Å²) in [6.45, 7) is 2.10. The van der Waals surface area contributed by atoms with Crippen molar-refractivity contribution in [3.8, 4) is 0 Å². The summed E-state index contributed by atoms with van der Waals surface area (Å²) in [5.41, 5.74) is 2.00. The van der Waals surface area contributed by atoms with Crippen LogP contribution in [-0.4, -0.2) is 19.0 Å². The van der Waals surface area contributed by atoms with Crippen molar-refractivity contribution in [1.82, 2.24) is 0 Å². The lowest BCUT2D eigenvalue weighted by Crippen LogP contribution is -2.25. The summed E-state index contributed by atoms with van der Waals surface area (Å²) >= 11 is 0. The van der Waals surface area contributed by atoms with E-state index in [4.69, 9.17) is 4.74 Å². The quantitative estimate of drug-likeness (QED) is 0.710. The molecule has 86 valence electrons. The normalized spacial score (nSPS) is 17.1. The van der Waals surface area contributed by atoms with E-state index >= 15 is 0 Å². The number of carbonyl (C=O) groups is 1. The summed E-state index contributed by atoms with van der Waals surface area (Å²) in [7, 11) is 1.63. The number of aryl methyl sites for hydroxylation is 1. The van der Waals surface area contributed by atoms with Gasteiger partial charge in [0.05, 0.1) is 0 Å². The van der Waals surface area contributed by atoms with E-state index in [0.29, 0.717) is 5.92 Å². The maximum Gasteiger partial charge on any atom is 0.191 e. The minimum atomic E-state index is -0.230. The van der Waals surface area contributed by atoms with E-state index in [1.807, 2.05) is 18.2 Å². The van der Waals surface area contributed by atoms with Crippen LogP contribution in [0.15, 0.2) is 24.3 Å². The van der Waals surface area contributed by atoms with Crippen LogP contribution in [0.4, 0.5) is 0 Å². The van der Waals surface area contributed by atoms with Crippen molar-refractivity contribution in [1.29, 1.82) is 0 Å². The first-order chi connectivity index (χ1) is 7.76. The first-order valence-electron chi connectivity index (χ1n) is 5.92. The average Bonchev–Trinajstić information content (AvgIpc) is 3.14. The first-order valence-corrected chi connectivity index (χ1v) is 5.92. The number of ketones is 1. The van der Waals surface area contributed by atoms with Crippen LogP contribution in [0.25, 0.3) is 0 Å². The van der Waals surface area contributed by atoms with Crippen molar-refractivity contribution < 1.29 is 9.53 Å². The summed E-state index contributed by atoms with van der Waals surface area (Å²) in [4.78, 5) is 12.2. The molecule has 0 aromatic heterocycles. The Morgan fingerprint density at radius 3 is 2.81 bits per heavy atom. The van der Waals surface area contributed by atoms with Crippen molar-refractivity contribution in [2.45, 2.75) is 32.3 Å². The van der Waals surface area contributed by atoms with Gasteiger partial charge in [-0.1, -0.05) is 25.1 Å². The molecule has 1 saturated carbocycles. The van der Waals surface area contributed by atoms with Crippen LogP contribution in [0.2, 0.25) is 0 Å². The Bertz CT molecular complexity index is 380. The molecule has 1 aliphatic carbocycles. The van der Waals surface area contributed by atoms with E-state index in [0.717, 1.165) is 24.8 Å². The summed E-state index contributed by atoms with van der Waals surface area (Å²) in [6, 6.07) is 7.87. The molecule has 1 aromatic rings. The smallest absolute Gasteiger partial charge is 0.191 e. The van der Waals surface area contributed by atoms with Crippen LogP contribution in [0.1, 0.15) is 35.7 Å². The molecule has 0 radical (unpaired) electrons. The van der Waals surface area contributed by atoms with Gasteiger partial charge < -0.3 is 4.74 Å². The highest BCUT2D eigenvalue weighted by molar-refractivity contribution is 6.00. The average molecular weight is 218 g/mol. The number of carbonyl (C=O) groups excluding carboxylic acids is 1. The largest absolute Gasteiger partial charge is 0.373 e. The SMILES string of the molecule is CCc1cccc(C(=O)C(OC)C2CC2)c1. The molecule has 16 heavy (non-hydrogen) atoms. The highest BCUT2D eigenvalue weighted by atomic mass is 16.5. The molecular weight excluding hydrogens is 200 g/mol. The molecule has 1 unspecified atom stereocenters. The topological polar surface area (TPSA) is 26.3 Å². The molecule has 0 N–H and O–H groups in total. The van der Waals surface area contributed by atoms with Gasteiger partial charge in [-0.3, -0.25) is 4.79 Å². The van der Waals surface area contributed by atoms with Gasteiger partial charge in [0.15, 0.2) is 5.78 Å². The van der Waals surface area contributed by atoms with Crippen LogP contribution < -0.4 is 0 Å². The van der Waals surface area contributed by atoms with Crippen LogP contribution in [-0.2, 0) is 11.2 Å². The van der Waals surface area contributed by atoms with Gasteiger partial charge in [-0.25, -0.2) is 0 Å². The monoisotopic (exact) mass is 218 g/mol. The van der Waals surface area contributed by atoms with Gasteiger partial charge >= 0.3 is 0 Å². The number of methoxy groups -OCH3 is 1. The second kappa shape index (κ2) is 4.79. The van der Waals surface area contributed by atoms with Gasteiger partial charge in [-0.05, 0) is 36.8 Å². The lowest BCUT2D eigenvalue weighted by Gasteiger charge is -2.13. The van der Waals surface area contributed by atoms with Gasteiger partial charge in [0.2, 0.25) is 0 Å². The van der Waals surface area contributed by atoms with E-state index < -0.39 is 0 Å². The molecule has 2 nitrogen and oxygen atoms in total. The number of ether oxygens (including phenoxy) is 1. The molecule has 0 heterocycles. The van der Waals surface area contributed by atoms with E-state index in [-0.39, 0.29) is 11.9 Å². The Hall–Kier alpha value is -1.15. The molecule has 0 bridgehead atoms. The van der Waals surface area contributed by atoms with Crippen LogP contribution in [0, 0.1) is 5.92 Å². The number of hydrogen-bond donors (Lipinski definition) is 0. The van der Waals surface area contributed by atoms with Crippen molar-refractivity contribution in [3.05, 3.63) is 35.4 Å². The third kappa shape index (κ3) is 2.33. The zero-order valence-corrected chi connectivity index (χ0v) is 9.90. The van der Waals surface area contributed by atoms with Crippen LogP contribution >= 0.6 is 0 Å². The maximum absolute atomic E-state index is 12.2. The molecule has 1 atom stereocenters. The second-order valence-corrected chi connectivity index (χ2v) is 4.41. The lowest BCUT2D eigenvalue weighted by atomic mass is 10.00. The Balaban J connectivity index is 2.18. The predicted octanol–water partition coefficient (Wildman–Crippen LogP) is 2.86. The summed E-state index contributed by atoms with van der Waals surface area (Å²) in [5, 5.41) is 0. The fraction of sp³-hybridized carbons (Fsp3) is 0.500. The number of benzene rings is 1. The minimum absolute atomic E-state index is 0.139. The van der Waals surface area contributed by atoms with E-state index in [2.05, 4.69) is 13.0 Å². The van der Waals surface area contributed by atoms with Crippen molar-refractivity contribution in [2.24, 2.45) is 5.92 Å². The summed E-state index contributed by atoms with van der Waals surface area (Å²) in [5.74, 6) is 0.586. The van der Waals surface area contributed by atoms with Crippen molar-refractivity contribution >= 4 is 5.78 Å². The maximum atomic E-state index is 12.2. The van der Waals surface area contributed by atoms with Gasteiger partial charge in [0.1, 0.15) is 6.10 Å². The lowest BCUT2D eigenvalue weighted by molar-refractivity contribution is 0.0540. The Morgan fingerprint density at radius 2 is 2.25 bits per heavy atom. The summed E-state index contributed by atoms with van der Waals surface area (Å²) in [6.07, 6.45) is 2.98. The first kappa shape index (κ1) is 11.3. The predicted molar refractivity (Wildman–Crippen MR) is 63.7 cm³/mol. The molecule has 0 amide bonds. The van der Waals surface area contributed by atoms with Gasteiger partial charge in [-0.2, -0.15) is 0 Å². The molecule has 0 aliphatic heterocycles. The summed E-state index contributed by atoms with van der Waals surface area (Å²) < 4.78 is 5.31. The van der Waals surface area contributed by atoms with Gasteiger partial charge in [0.25, 0.3) is 0 Å². The van der Waals surface area contributed by atoms with E-state index in [1.165, 1.54) is 5.56 Å². The van der Waals surface area contributed by atoms with Crippen molar-refractivity contribution in [3.63, 3.8) is 0 Å². The number of rotatable bonds is 5. The third-order valence-electron chi connectivity index (χ3n) is 3.18. The Morgan fingerprint density at radius 1 is 1.50 bits per heavy atom. The van der Waals surface area contributed by atoms with E-state index in [1.54, 1.807) is 7.11 Å². The molecule has 2 rings (SSSR count). The number of hydrogen-bond acceptors (Lipinski definition) is 2. The fourth-order valence-corrected chi connectivity index (χ4v) is 2.02. The van der Waals surface area contributed by atoms with Crippen LogP contribution in [0.5, 0.6) is 0 Å². The Kier molecular flexibility index (Phi) is 3.39. The molecule has 1 fully saturated rings. The highest BCUT2D eigenvalue weighted by Crippen LogP contribution is 2.35. The molecule has 0 spiro atoms. The molecule has 0 saturated heterocycles. The Labute approximate surface area is 96.6 Å². The number of Topliss-reactive ketones (excluding diaryl/α,β-unsaturated/α-hetero) is 1. The third-order valence-corrected chi connectivity index (χ3v) is 3.18. The van der Waals surface area contributed by atoms with Crippen LogP contribution in [0.3, 0.4) is 0 Å². The fourth-order valence-electron chi connectivity index (χ4n) is 2.02. The van der Waals surface area contributed by atoms with Gasteiger partial charge in [0, 0.05) is 12.7 Å². The molecular formula is C14H18O2. The minimum Gasteiger partial charge on any atom is -0.373 e. The molecule has 1 aliphatic rings. The molecule has 1 aromatic carbocycles. The highest BCUT2D eigenvalue weighted by Gasteiger charge is 2.36. The second-order valence-electron chi connectivity index (χ2n) is 4.41. The zero-order valence-electron chi connectivity index (χ0n) is 9.90. The van der Waals surface area contributed by atoms with Crippen molar-refractivity contribution in [2.75, 3.05) is 7.11 Å². The van der Waals surface area contributed by atoms with E-state index in [9.17, 15) is 4.79 Å². The molecule has 2 heteroatoms. The van der Waals surface area contributed by atoms with Gasteiger partial charge in [-0.15, -0.1) is 0 Å². The zero-order chi connectivity index (χ0) is 11.5.